The predicted octanol–water partition coefficient (Wildman–Crippen LogP) is 7.70. The zero-order chi connectivity index (χ0) is 46.4. The number of carbonyl (C=O) groups excluding carboxylic acids is 1. The minimum absolute atomic E-state index is 0.000774. The largest absolute Gasteiger partial charge is 0.496 e. The molecule has 3 atom stereocenters. The molecule has 0 saturated heterocycles. The van der Waals surface area contributed by atoms with Crippen molar-refractivity contribution in [2.45, 2.75) is 43.7 Å². The minimum Gasteiger partial charge on any atom is -0.496 e. The Hall–Kier alpha value is -6.61. The third kappa shape index (κ3) is 7.58. The van der Waals surface area contributed by atoms with Crippen molar-refractivity contribution in [3.63, 3.8) is 0 Å². The molecule has 3 heterocycles. The van der Waals surface area contributed by atoms with Crippen LogP contribution in [0.1, 0.15) is 53.1 Å². The van der Waals surface area contributed by atoms with Crippen LogP contribution < -0.4 is 25.1 Å². The van der Waals surface area contributed by atoms with Crippen LogP contribution in [0.5, 0.6) is 11.5 Å². The standard InChI is InChI=1S/C43H35ClF6N8O6S/c1-56-37-29(11-10-26(44)35(37)40(54-56)55-65(4,61)62)58-41(52-27-15-20(8-9-23(27)42(58)60)33-30(63-2)6-5-7-31(33)64-3)28(14-19-12-21(45)16-22(46)13-19)51-32(59)18-57-38-34(36(53-57)39(47)48)24-17-25(24)43(38,49)50/h5-13,15-16,24-25,28,39H,14,17-18H2,1-4H3,(H,51,59)(H,54,55)/t24-,25+,28+/m1/s1. The molecule has 0 aliphatic heterocycles. The molecule has 0 unspecified atom stereocenters. The van der Waals surface area contributed by atoms with Crippen LogP contribution in [0.4, 0.5) is 32.2 Å². The first-order valence-electron chi connectivity index (χ1n) is 19.7. The molecule has 0 radical (unpaired) electrons. The maximum absolute atomic E-state index is 15.6. The number of nitrogens with one attached hydrogen (secondary N) is 2. The first-order chi connectivity index (χ1) is 30.8. The lowest BCUT2D eigenvalue weighted by Crippen LogP contribution is -2.38. The number of aromatic nitrogens is 6. The molecule has 7 aromatic rings. The molecule has 65 heavy (non-hydrogen) atoms. The number of methoxy groups -OCH3 is 2. The number of rotatable bonds is 13. The molecule has 338 valence electrons. The monoisotopic (exact) mass is 940 g/mol. The molecule has 1 saturated carbocycles. The van der Waals surface area contributed by atoms with Gasteiger partial charge in [-0.05, 0) is 72.0 Å². The summed E-state index contributed by atoms with van der Waals surface area (Å²) in [6.07, 6.45) is -2.82. The number of fused-ring (bicyclic) bond motifs is 5. The summed E-state index contributed by atoms with van der Waals surface area (Å²) in [6, 6.07) is 13.5. The Kier molecular flexibility index (Phi) is 10.6. The number of amides is 1. The summed E-state index contributed by atoms with van der Waals surface area (Å²) in [4.78, 5) is 34.3. The first kappa shape index (κ1) is 43.6. The fraction of sp³-hybridized carbons (Fsp3) is 0.279. The molecule has 0 spiro atoms. The number of anilines is 1. The minimum atomic E-state index is -3.93. The number of carbonyl (C=O) groups is 1. The number of hydrogen-bond donors (Lipinski definition) is 2. The second-order valence-electron chi connectivity index (χ2n) is 15.8. The van der Waals surface area contributed by atoms with Crippen LogP contribution >= 0.6 is 11.6 Å². The zero-order valence-corrected chi connectivity index (χ0v) is 36.0. The number of nitrogens with zero attached hydrogens (tertiary/aromatic N) is 6. The Bertz CT molecular complexity index is 3260. The summed E-state index contributed by atoms with van der Waals surface area (Å²) in [6.45, 7) is -0.999. The molecule has 2 aliphatic carbocycles. The van der Waals surface area contributed by atoms with Crippen LogP contribution in [-0.2, 0) is 40.8 Å². The number of benzene rings is 4. The van der Waals surface area contributed by atoms with Crippen molar-refractivity contribution in [1.82, 2.24) is 34.4 Å². The van der Waals surface area contributed by atoms with Gasteiger partial charge in [-0.15, -0.1) is 0 Å². The molecule has 1 fully saturated rings. The van der Waals surface area contributed by atoms with Crippen molar-refractivity contribution in [1.29, 1.82) is 0 Å². The Labute approximate surface area is 369 Å². The number of ether oxygens (including phenoxy) is 2. The van der Waals surface area contributed by atoms with Crippen LogP contribution in [0.2, 0.25) is 5.02 Å². The van der Waals surface area contributed by atoms with E-state index in [4.69, 9.17) is 26.1 Å². The topological polar surface area (TPSA) is 164 Å². The molecule has 2 aliphatic rings. The molecular formula is C43H35ClF6N8O6S. The fourth-order valence-corrected chi connectivity index (χ4v) is 9.61. The van der Waals surface area contributed by atoms with E-state index in [1.165, 1.54) is 44.1 Å². The highest BCUT2D eigenvalue weighted by molar-refractivity contribution is 7.92. The quantitative estimate of drug-likeness (QED) is 0.110. The van der Waals surface area contributed by atoms with E-state index in [1.54, 1.807) is 30.3 Å². The Morgan fingerprint density at radius 1 is 1.00 bits per heavy atom. The average Bonchev–Trinajstić information content (AvgIpc) is 3.78. The van der Waals surface area contributed by atoms with E-state index in [9.17, 15) is 30.8 Å². The van der Waals surface area contributed by atoms with Crippen molar-refractivity contribution in [2.24, 2.45) is 13.0 Å². The van der Waals surface area contributed by atoms with Gasteiger partial charge in [0.1, 0.15) is 46.9 Å². The van der Waals surface area contributed by atoms with E-state index < -0.39 is 87.7 Å². The summed E-state index contributed by atoms with van der Waals surface area (Å²) >= 11 is 6.65. The van der Waals surface area contributed by atoms with Gasteiger partial charge in [0, 0.05) is 31.0 Å². The summed E-state index contributed by atoms with van der Waals surface area (Å²) in [5.74, 6) is -8.34. The summed E-state index contributed by atoms with van der Waals surface area (Å²) in [5.41, 5.74) is -1.68. The van der Waals surface area contributed by atoms with Crippen LogP contribution in [0.15, 0.2) is 71.5 Å². The highest BCUT2D eigenvalue weighted by Crippen LogP contribution is 2.68. The Morgan fingerprint density at radius 3 is 2.34 bits per heavy atom. The third-order valence-electron chi connectivity index (χ3n) is 11.5. The molecule has 22 heteroatoms. The molecule has 3 aromatic heterocycles. The number of alkyl halides is 4. The number of sulfonamides is 1. The predicted molar refractivity (Wildman–Crippen MR) is 227 cm³/mol. The van der Waals surface area contributed by atoms with E-state index in [2.05, 4.69) is 20.2 Å². The second-order valence-corrected chi connectivity index (χ2v) is 18.0. The van der Waals surface area contributed by atoms with Gasteiger partial charge < -0.3 is 14.8 Å². The lowest BCUT2D eigenvalue weighted by molar-refractivity contribution is -0.123. The molecule has 9 rings (SSSR count). The maximum atomic E-state index is 15.6. The van der Waals surface area contributed by atoms with E-state index >= 15 is 13.6 Å². The van der Waals surface area contributed by atoms with Gasteiger partial charge in [-0.25, -0.2) is 31.0 Å². The smallest absolute Gasteiger partial charge is 0.293 e. The third-order valence-corrected chi connectivity index (χ3v) is 12.4. The molecule has 14 nitrogen and oxygen atoms in total. The summed E-state index contributed by atoms with van der Waals surface area (Å²) in [5, 5.41) is 10.8. The number of aryl methyl sites for hydroxylation is 1. The number of hydrogen-bond acceptors (Lipinski definition) is 9. The highest BCUT2D eigenvalue weighted by Gasteiger charge is 2.67. The van der Waals surface area contributed by atoms with E-state index in [0.29, 0.717) is 33.4 Å². The lowest BCUT2D eigenvalue weighted by Gasteiger charge is -2.24. The van der Waals surface area contributed by atoms with E-state index in [-0.39, 0.29) is 61.7 Å². The average molecular weight is 941 g/mol. The Morgan fingerprint density at radius 2 is 1.69 bits per heavy atom. The van der Waals surface area contributed by atoms with Gasteiger partial charge in [0.25, 0.3) is 17.9 Å². The van der Waals surface area contributed by atoms with Crippen molar-refractivity contribution in [2.75, 3.05) is 25.2 Å². The maximum Gasteiger partial charge on any atom is 0.293 e. The van der Waals surface area contributed by atoms with Crippen LogP contribution in [-0.4, -0.2) is 63.9 Å². The molecule has 2 N–H and O–H groups in total. The van der Waals surface area contributed by atoms with Crippen LogP contribution in [0, 0.1) is 17.6 Å². The van der Waals surface area contributed by atoms with Crippen molar-refractivity contribution in [3.05, 3.63) is 122 Å². The summed E-state index contributed by atoms with van der Waals surface area (Å²) < 4.78 is 131. The van der Waals surface area contributed by atoms with Crippen molar-refractivity contribution < 1.29 is 49.0 Å². The van der Waals surface area contributed by atoms with Crippen LogP contribution in [0.25, 0.3) is 38.6 Å². The fourth-order valence-electron chi connectivity index (χ4n) is 8.87. The van der Waals surface area contributed by atoms with Gasteiger partial charge in [0.2, 0.25) is 15.9 Å². The van der Waals surface area contributed by atoms with Crippen molar-refractivity contribution >= 4 is 55.2 Å². The normalized spacial score (nSPS) is 16.7. The van der Waals surface area contributed by atoms with Crippen molar-refractivity contribution in [3.8, 4) is 28.3 Å². The van der Waals surface area contributed by atoms with E-state index in [0.717, 1.165) is 23.0 Å². The van der Waals surface area contributed by atoms with Gasteiger partial charge in [-0.3, -0.25) is 28.2 Å². The number of halogens is 7. The van der Waals surface area contributed by atoms with Gasteiger partial charge in [-0.2, -0.15) is 19.0 Å². The SMILES string of the molecule is COc1cccc(OC)c1-c1ccc2c(=O)n(-c3ccc(Cl)c4c(NS(C)(=O)=O)nn(C)c34)c([C@H](Cc3cc(F)cc(F)c3)NC(=O)Cn3nc(C(F)F)c4c3C(F)(F)[C@H]3C[C@@H]43)nc2c1. The Balaban J connectivity index is 1.28. The molecule has 4 aromatic carbocycles. The second kappa shape index (κ2) is 15.8. The molecule has 1 amide bonds. The van der Waals surface area contributed by atoms with Gasteiger partial charge in [0.05, 0.1) is 64.6 Å². The first-order valence-corrected chi connectivity index (χ1v) is 22.0. The molecule has 0 bridgehead atoms. The zero-order valence-electron chi connectivity index (χ0n) is 34.5. The van der Waals surface area contributed by atoms with Gasteiger partial charge in [0.15, 0.2) is 5.82 Å². The van der Waals surface area contributed by atoms with Gasteiger partial charge in [-0.1, -0.05) is 23.7 Å². The van der Waals surface area contributed by atoms with E-state index in [1.807, 2.05) is 0 Å². The summed E-state index contributed by atoms with van der Waals surface area (Å²) in [7, 11) is 0.428. The van der Waals surface area contributed by atoms with Crippen LogP contribution in [0.3, 0.4) is 0 Å². The molecular weight excluding hydrogens is 906 g/mol. The van der Waals surface area contributed by atoms with Gasteiger partial charge >= 0.3 is 0 Å². The lowest BCUT2D eigenvalue weighted by atomic mass is 10.0. The highest BCUT2D eigenvalue weighted by atomic mass is 35.5.